The largest absolute Gasteiger partial charge is 0.339 e. The summed E-state index contributed by atoms with van der Waals surface area (Å²) in [6.45, 7) is 3.41. The lowest BCUT2D eigenvalue weighted by Gasteiger charge is -2.35. The highest BCUT2D eigenvalue weighted by Gasteiger charge is 2.55. The van der Waals surface area contributed by atoms with E-state index in [1.165, 1.54) is 5.56 Å². The van der Waals surface area contributed by atoms with Crippen molar-refractivity contribution in [1.82, 2.24) is 20.0 Å². The molecule has 1 spiro atoms. The van der Waals surface area contributed by atoms with Crippen LogP contribution < -0.4 is 5.32 Å². The molecule has 1 aliphatic carbocycles. The summed E-state index contributed by atoms with van der Waals surface area (Å²) in [6.07, 6.45) is 1.28. The first-order valence-corrected chi connectivity index (χ1v) is 10.8. The Hall–Kier alpha value is -3.19. The molecular weight excluding hydrogens is 392 g/mol. The first kappa shape index (κ1) is 19.8. The van der Waals surface area contributed by atoms with E-state index in [2.05, 4.69) is 22.3 Å². The maximum absolute atomic E-state index is 13.2. The van der Waals surface area contributed by atoms with E-state index in [1.54, 1.807) is 4.90 Å². The second kappa shape index (κ2) is 7.81. The van der Waals surface area contributed by atoms with Crippen molar-refractivity contribution in [3.05, 3.63) is 71.3 Å². The Morgan fingerprint density at radius 1 is 0.935 bits per heavy atom. The molecule has 160 valence electrons. The highest BCUT2D eigenvalue weighted by Crippen LogP contribution is 2.41. The Morgan fingerprint density at radius 2 is 1.65 bits per heavy atom. The summed E-state index contributed by atoms with van der Waals surface area (Å²) in [6, 6.07) is 17.5. The topological polar surface area (TPSA) is 73.0 Å². The van der Waals surface area contributed by atoms with Crippen LogP contribution in [0.15, 0.2) is 54.6 Å². The molecule has 2 saturated heterocycles. The number of amides is 4. The van der Waals surface area contributed by atoms with E-state index < -0.39 is 11.6 Å². The number of carbonyl (C=O) groups is 3. The number of nitrogens with zero attached hydrogens (tertiary/aromatic N) is 3. The summed E-state index contributed by atoms with van der Waals surface area (Å²) < 4.78 is 0. The number of piperazine rings is 1. The number of aryl methyl sites for hydroxylation is 1. The zero-order valence-corrected chi connectivity index (χ0v) is 17.4. The molecule has 1 N–H and O–H groups in total. The van der Waals surface area contributed by atoms with Crippen molar-refractivity contribution >= 4 is 17.8 Å². The first-order valence-electron chi connectivity index (χ1n) is 10.8. The zero-order valence-electron chi connectivity index (χ0n) is 17.4. The highest BCUT2D eigenvalue weighted by atomic mass is 16.2. The van der Waals surface area contributed by atoms with Gasteiger partial charge in [0.25, 0.3) is 5.91 Å². The molecule has 0 bridgehead atoms. The Morgan fingerprint density at radius 3 is 2.42 bits per heavy atom. The monoisotopic (exact) mass is 418 g/mol. The van der Waals surface area contributed by atoms with Crippen molar-refractivity contribution in [3.63, 3.8) is 0 Å². The van der Waals surface area contributed by atoms with Crippen molar-refractivity contribution in [1.29, 1.82) is 0 Å². The lowest BCUT2D eigenvalue weighted by atomic mass is 9.92. The van der Waals surface area contributed by atoms with Gasteiger partial charge in [-0.1, -0.05) is 54.6 Å². The van der Waals surface area contributed by atoms with Crippen LogP contribution >= 0.6 is 0 Å². The molecule has 3 aliphatic rings. The van der Waals surface area contributed by atoms with Gasteiger partial charge in [0.1, 0.15) is 12.1 Å². The fraction of sp³-hybridized carbons (Fsp3) is 0.375. The minimum absolute atomic E-state index is 0.175. The van der Waals surface area contributed by atoms with E-state index in [1.807, 2.05) is 42.5 Å². The summed E-state index contributed by atoms with van der Waals surface area (Å²) >= 11 is 0. The number of hydrogen-bond donors (Lipinski definition) is 1. The second-order valence-corrected chi connectivity index (χ2v) is 8.53. The van der Waals surface area contributed by atoms with Crippen LogP contribution in [-0.2, 0) is 28.1 Å². The van der Waals surface area contributed by atoms with E-state index in [0.29, 0.717) is 19.5 Å². The SMILES string of the molecule is O=C(CN1C(=O)NC2(CCc3ccccc32)C1=O)N1CCN(Cc2ccccc2)CC1. The Labute approximate surface area is 181 Å². The summed E-state index contributed by atoms with van der Waals surface area (Å²) in [5.41, 5.74) is 2.18. The van der Waals surface area contributed by atoms with Gasteiger partial charge in [-0.15, -0.1) is 0 Å². The van der Waals surface area contributed by atoms with Gasteiger partial charge in [0.2, 0.25) is 5.91 Å². The van der Waals surface area contributed by atoms with Crippen molar-refractivity contribution in [2.24, 2.45) is 0 Å². The zero-order chi connectivity index (χ0) is 21.4. The van der Waals surface area contributed by atoms with E-state index in [9.17, 15) is 14.4 Å². The van der Waals surface area contributed by atoms with E-state index in [4.69, 9.17) is 0 Å². The Kier molecular flexibility index (Phi) is 4.98. The minimum atomic E-state index is -1.01. The van der Waals surface area contributed by atoms with Gasteiger partial charge in [-0.25, -0.2) is 4.79 Å². The fourth-order valence-corrected chi connectivity index (χ4v) is 4.97. The highest BCUT2D eigenvalue weighted by molar-refractivity contribution is 6.09. The molecule has 1 unspecified atom stereocenters. The first-order chi connectivity index (χ1) is 15.1. The van der Waals surface area contributed by atoms with Gasteiger partial charge < -0.3 is 10.2 Å². The van der Waals surface area contributed by atoms with E-state index in [0.717, 1.165) is 42.1 Å². The number of hydrogen-bond acceptors (Lipinski definition) is 4. The summed E-state index contributed by atoms with van der Waals surface area (Å²) in [7, 11) is 0. The number of fused-ring (bicyclic) bond motifs is 2. The van der Waals surface area contributed by atoms with Gasteiger partial charge in [-0.2, -0.15) is 0 Å². The smallest absolute Gasteiger partial charge is 0.325 e. The molecule has 31 heavy (non-hydrogen) atoms. The Balaban J connectivity index is 1.21. The summed E-state index contributed by atoms with van der Waals surface area (Å²) in [5, 5.41) is 2.89. The molecule has 2 heterocycles. The predicted molar refractivity (Wildman–Crippen MR) is 115 cm³/mol. The number of imide groups is 1. The van der Waals surface area contributed by atoms with Gasteiger partial charge in [-0.05, 0) is 29.5 Å². The number of rotatable bonds is 4. The van der Waals surface area contributed by atoms with Crippen molar-refractivity contribution < 1.29 is 14.4 Å². The van der Waals surface area contributed by atoms with Crippen LogP contribution in [0.1, 0.15) is 23.1 Å². The molecule has 0 radical (unpaired) electrons. The predicted octanol–water partition coefficient (Wildman–Crippen LogP) is 1.72. The normalized spacial score (nSPS) is 23.4. The molecule has 2 aromatic rings. The molecule has 0 aromatic heterocycles. The average molecular weight is 418 g/mol. The quantitative estimate of drug-likeness (QED) is 0.768. The van der Waals surface area contributed by atoms with Crippen LogP contribution in [0, 0.1) is 0 Å². The second-order valence-electron chi connectivity index (χ2n) is 8.53. The number of carbonyl (C=O) groups excluding carboxylic acids is 3. The molecule has 7 heteroatoms. The molecule has 0 saturated carbocycles. The maximum Gasteiger partial charge on any atom is 0.325 e. The standard InChI is InChI=1S/C24H26N4O3/c29-21(27-14-12-26(13-15-27)16-18-6-2-1-3-7-18)17-28-22(30)24(25-23(28)31)11-10-19-8-4-5-9-20(19)24/h1-9H,10-17H2,(H,25,31). The van der Waals surface area contributed by atoms with Crippen LogP contribution in [0.25, 0.3) is 0 Å². The number of benzene rings is 2. The van der Waals surface area contributed by atoms with E-state index >= 15 is 0 Å². The Bertz CT molecular complexity index is 1020. The van der Waals surface area contributed by atoms with Crippen molar-refractivity contribution in [3.8, 4) is 0 Å². The molecule has 5 rings (SSSR count). The van der Waals surface area contributed by atoms with Crippen molar-refractivity contribution in [2.75, 3.05) is 32.7 Å². The van der Waals surface area contributed by atoms with Gasteiger partial charge in [0.05, 0.1) is 0 Å². The van der Waals surface area contributed by atoms with Crippen molar-refractivity contribution in [2.45, 2.75) is 24.9 Å². The van der Waals surface area contributed by atoms with Gasteiger partial charge >= 0.3 is 6.03 Å². The third kappa shape index (κ3) is 3.49. The number of nitrogens with one attached hydrogen (secondary N) is 1. The van der Waals surface area contributed by atoms with Crippen LogP contribution in [0.3, 0.4) is 0 Å². The summed E-state index contributed by atoms with van der Waals surface area (Å²) in [5.74, 6) is -0.482. The van der Waals surface area contributed by atoms with Gasteiger partial charge in [0.15, 0.2) is 0 Å². The van der Waals surface area contributed by atoms with Crippen LogP contribution in [0.5, 0.6) is 0 Å². The third-order valence-corrected chi connectivity index (χ3v) is 6.69. The van der Waals surface area contributed by atoms with Crippen LogP contribution in [0.2, 0.25) is 0 Å². The number of urea groups is 1. The van der Waals surface area contributed by atoms with Crippen LogP contribution in [0.4, 0.5) is 4.79 Å². The molecular formula is C24H26N4O3. The molecule has 7 nitrogen and oxygen atoms in total. The van der Waals surface area contributed by atoms with Gasteiger partial charge in [0, 0.05) is 32.7 Å². The molecule has 1 atom stereocenters. The lowest BCUT2D eigenvalue weighted by molar-refractivity contribution is -0.140. The third-order valence-electron chi connectivity index (χ3n) is 6.69. The maximum atomic E-state index is 13.2. The minimum Gasteiger partial charge on any atom is -0.339 e. The molecule has 2 fully saturated rings. The van der Waals surface area contributed by atoms with E-state index in [-0.39, 0.29) is 18.4 Å². The molecule has 2 aliphatic heterocycles. The summed E-state index contributed by atoms with van der Waals surface area (Å²) in [4.78, 5) is 44.0. The molecule has 2 aromatic carbocycles. The van der Waals surface area contributed by atoms with Crippen LogP contribution in [-0.4, -0.2) is 65.3 Å². The fourth-order valence-electron chi connectivity index (χ4n) is 4.97. The molecule has 4 amide bonds. The van der Waals surface area contributed by atoms with Gasteiger partial charge in [-0.3, -0.25) is 19.4 Å². The lowest BCUT2D eigenvalue weighted by Crippen LogP contribution is -2.51. The average Bonchev–Trinajstić information content (AvgIpc) is 3.28.